The number of methoxy groups -OCH3 is 2. The summed E-state index contributed by atoms with van der Waals surface area (Å²) in [7, 11) is 3.12. The molecule has 0 spiro atoms. The molecule has 2 aliphatic heterocycles. The van der Waals surface area contributed by atoms with Crippen molar-refractivity contribution in [1.82, 2.24) is 10.2 Å². The second kappa shape index (κ2) is 13.2. The zero-order chi connectivity index (χ0) is 30.5. The van der Waals surface area contributed by atoms with Crippen LogP contribution in [0.3, 0.4) is 0 Å². The van der Waals surface area contributed by atoms with Gasteiger partial charge in [-0.2, -0.15) is 0 Å². The van der Waals surface area contributed by atoms with E-state index < -0.39 is 47.5 Å². The van der Waals surface area contributed by atoms with Crippen LogP contribution in [0, 0.1) is 0 Å². The molecule has 4 atom stereocenters. The van der Waals surface area contributed by atoms with Crippen molar-refractivity contribution in [3.8, 4) is 11.5 Å². The number of carbonyl (C=O) groups excluding carboxylic acids is 4. The van der Waals surface area contributed by atoms with E-state index in [0.717, 1.165) is 5.56 Å². The first-order chi connectivity index (χ1) is 20.8. The second-order valence-corrected chi connectivity index (χ2v) is 11.3. The number of nitrogens with one attached hydrogen (secondary N) is 1. The van der Waals surface area contributed by atoms with Gasteiger partial charge in [0.15, 0.2) is 12.1 Å². The maximum atomic E-state index is 13.9. The summed E-state index contributed by atoms with van der Waals surface area (Å²) in [4.78, 5) is 53.4. The van der Waals surface area contributed by atoms with Gasteiger partial charge in [-0.05, 0) is 41.0 Å². The number of carbonyl (C=O) groups is 4. The van der Waals surface area contributed by atoms with Crippen molar-refractivity contribution >= 4 is 35.5 Å². The number of hydrogen-bond acceptors (Lipinski definition) is 9. The van der Waals surface area contributed by atoms with E-state index in [2.05, 4.69) is 5.32 Å². The molecule has 2 aliphatic rings. The van der Waals surface area contributed by atoms with Crippen LogP contribution in [0.4, 0.5) is 0 Å². The van der Waals surface area contributed by atoms with Crippen LogP contribution in [0.5, 0.6) is 11.5 Å². The standard InChI is InChI=1S/C32H32N2O8S/c1-19(35)41-25-18-43-31-27(33-26(36)17-20-7-5-4-6-8-20)30(37)34(31)28(25)32(38)42-29(21-9-13-23(39-2)14-10-21)22-11-15-24(40-3)16-12-22/h4-16,25,27-29,31H,17-18H2,1-3H3,(H,33,36)/t25?,27-,28-,31+/m1/s1. The molecular formula is C32H32N2O8S. The number of nitrogens with zero attached hydrogens (tertiary/aromatic N) is 1. The van der Waals surface area contributed by atoms with Gasteiger partial charge in [0.1, 0.15) is 29.0 Å². The number of thioether (sulfide) groups is 1. The molecule has 1 unspecified atom stereocenters. The van der Waals surface area contributed by atoms with Crippen molar-refractivity contribution in [2.24, 2.45) is 0 Å². The zero-order valence-corrected chi connectivity index (χ0v) is 24.7. The molecule has 43 heavy (non-hydrogen) atoms. The summed E-state index contributed by atoms with van der Waals surface area (Å²) >= 11 is 1.34. The van der Waals surface area contributed by atoms with Crippen LogP contribution in [-0.4, -0.2) is 72.2 Å². The molecule has 2 saturated heterocycles. The summed E-state index contributed by atoms with van der Waals surface area (Å²) in [5.74, 6) is -0.531. The maximum Gasteiger partial charge on any atom is 0.333 e. The lowest BCUT2D eigenvalue weighted by Gasteiger charge is -2.54. The second-order valence-electron chi connectivity index (χ2n) is 10.1. The van der Waals surface area contributed by atoms with Gasteiger partial charge in [0.05, 0.1) is 20.6 Å². The van der Waals surface area contributed by atoms with Gasteiger partial charge in [-0.1, -0.05) is 54.6 Å². The Labute approximate surface area is 253 Å². The lowest BCUT2D eigenvalue weighted by Crippen LogP contribution is -2.77. The Kier molecular flexibility index (Phi) is 9.20. The number of β-lactam (4-membered cyclic amide) rings is 1. The number of rotatable bonds is 10. The van der Waals surface area contributed by atoms with E-state index in [9.17, 15) is 19.2 Å². The lowest BCUT2D eigenvalue weighted by atomic mass is 9.98. The average Bonchev–Trinajstić information content (AvgIpc) is 3.02. The largest absolute Gasteiger partial charge is 0.497 e. The highest BCUT2D eigenvalue weighted by Crippen LogP contribution is 2.41. The van der Waals surface area contributed by atoms with Crippen molar-refractivity contribution in [3.63, 3.8) is 0 Å². The highest BCUT2D eigenvalue weighted by atomic mass is 32.2. The van der Waals surface area contributed by atoms with Crippen LogP contribution in [-0.2, 0) is 35.1 Å². The van der Waals surface area contributed by atoms with Crippen LogP contribution < -0.4 is 14.8 Å². The molecule has 10 nitrogen and oxygen atoms in total. The first kappa shape index (κ1) is 30.0. The van der Waals surface area contributed by atoms with Crippen LogP contribution in [0.2, 0.25) is 0 Å². The molecule has 3 aromatic carbocycles. The molecule has 2 fully saturated rings. The van der Waals surface area contributed by atoms with E-state index in [0.29, 0.717) is 22.6 Å². The third kappa shape index (κ3) is 6.61. The van der Waals surface area contributed by atoms with Crippen molar-refractivity contribution < 1.29 is 38.1 Å². The van der Waals surface area contributed by atoms with Gasteiger partial charge < -0.3 is 29.2 Å². The SMILES string of the molecule is COc1ccc(C(OC(=O)[C@H]2C(OC(C)=O)CS[C@H]3[C@H](NC(=O)Cc4ccccc4)C(=O)N23)c2ccc(OC)cc2)cc1. The van der Waals surface area contributed by atoms with Gasteiger partial charge in [0.2, 0.25) is 11.8 Å². The predicted octanol–water partition coefficient (Wildman–Crippen LogP) is 3.28. The van der Waals surface area contributed by atoms with Crippen molar-refractivity contribution in [2.75, 3.05) is 20.0 Å². The van der Waals surface area contributed by atoms with E-state index in [-0.39, 0.29) is 18.1 Å². The Bertz CT molecular complexity index is 1420. The molecule has 2 amide bonds. The number of fused-ring (bicyclic) bond motifs is 1. The van der Waals surface area contributed by atoms with Crippen LogP contribution in [0.25, 0.3) is 0 Å². The van der Waals surface area contributed by atoms with Gasteiger partial charge in [-0.25, -0.2) is 4.79 Å². The molecule has 0 bridgehead atoms. The molecule has 224 valence electrons. The third-order valence-electron chi connectivity index (χ3n) is 7.32. The highest BCUT2D eigenvalue weighted by Gasteiger charge is 2.59. The van der Waals surface area contributed by atoms with Gasteiger partial charge in [0.25, 0.3) is 0 Å². The van der Waals surface area contributed by atoms with Gasteiger partial charge in [-0.15, -0.1) is 11.8 Å². The van der Waals surface area contributed by atoms with E-state index in [4.69, 9.17) is 18.9 Å². The normalized spacial score (nSPS) is 20.8. The summed E-state index contributed by atoms with van der Waals surface area (Å²) in [6.45, 7) is 1.25. The molecule has 0 saturated carbocycles. The van der Waals surface area contributed by atoms with E-state index in [1.54, 1.807) is 62.8 Å². The molecule has 5 rings (SSSR count). The first-order valence-electron chi connectivity index (χ1n) is 13.7. The molecule has 11 heteroatoms. The first-order valence-corrected chi connectivity index (χ1v) is 14.8. The predicted molar refractivity (Wildman–Crippen MR) is 158 cm³/mol. The maximum absolute atomic E-state index is 13.9. The minimum atomic E-state index is -1.19. The Hall–Kier alpha value is -4.51. The minimum absolute atomic E-state index is 0.120. The molecule has 0 radical (unpaired) electrons. The van der Waals surface area contributed by atoms with Crippen molar-refractivity contribution in [1.29, 1.82) is 0 Å². The molecule has 0 aliphatic carbocycles. The smallest absolute Gasteiger partial charge is 0.333 e. The Morgan fingerprint density at radius 2 is 1.49 bits per heavy atom. The van der Waals surface area contributed by atoms with Crippen molar-refractivity contribution in [3.05, 3.63) is 95.6 Å². The summed E-state index contributed by atoms with van der Waals surface area (Å²) in [5, 5.41) is 2.29. The topological polar surface area (TPSA) is 120 Å². The molecule has 3 aromatic rings. The van der Waals surface area contributed by atoms with Gasteiger partial charge in [0, 0.05) is 12.7 Å². The quantitative estimate of drug-likeness (QED) is 0.275. The summed E-state index contributed by atoms with van der Waals surface area (Å²) in [5.41, 5.74) is 2.16. The summed E-state index contributed by atoms with van der Waals surface area (Å²) in [6.07, 6.45) is -1.65. The zero-order valence-electron chi connectivity index (χ0n) is 23.9. The van der Waals surface area contributed by atoms with E-state index >= 15 is 0 Å². The number of ether oxygens (including phenoxy) is 4. The number of hydrogen-bond donors (Lipinski definition) is 1. The van der Waals surface area contributed by atoms with Crippen LogP contribution in [0.1, 0.15) is 29.7 Å². The Morgan fingerprint density at radius 1 is 0.907 bits per heavy atom. The van der Waals surface area contributed by atoms with Gasteiger partial charge in [-0.3, -0.25) is 14.4 Å². The summed E-state index contributed by atoms with van der Waals surface area (Å²) in [6, 6.07) is 21.4. The van der Waals surface area contributed by atoms with Crippen molar-refractivity contribution in [2.45, 2.75) is 43.0 Å². The number of amides is 2. The molecule has 2 heterocycles. The third-order valence-corrected chi connectivity index (χ3v) is 8.68. The fraction of sp³-hybridized carbons (Fsp3) is 0.312. The fourth-order valence-electron chi connectivity index (χ4n) is 5.21. The lowest BCUT2D eigenvalue weighted by molar-refractivity contribution is -0.178. The van der Waals surface area contributed by atoms with Gasteiger partial charge >= 0.3 is 11.9 Å². The number of benzene rings is 3. The van der Waals surface area contributed by atoms with Crippen LogP contribution in [0.15, 0.2) is 78.9 Å². The van der Waals surface area contributed by atoms with Crippen LogP contribution >= 0.6 is 11.8 Å². The Balaban J connectivity index is 1.38. The highest BCUT2D eigenvalue weighted by molar-refractivity contribution is 8.00. The number of esters is 2. The molecule has 1 N–H and O–H groups in total. The minimum Gasteiger partial charge on any atom is -0.497 e. The fourth-order valence-corrected chi connectivity index (χ4v) is 6.62. The molecule has 0 aromatic heterocycles. The average molecular weight is 605 g/mol. The summed E-state index contributed by atoms with van der Waals surface area (Å²) < 4.78 is 22.2. The van der Waals surface area contributed by atoms with E-state index in [1.807, 2.05) is 30.3 Å². The monoisotopic (exact) mass is 604 g/mol. The molecular weight excluding hydrogens is 572 g/mol. The Morgan fingerprint density at radius 3 is 2.02 bits per heavy atom. The van der Waals surface area contributed by atoms with E-state index in [1.165, 1.54) is 23.6 Å².